The molecule has 1 amide bonds. The van der Waals surface area contributed by atoms with Crippen LogP contribution >= 0.6 is 0 Å². The number of nitrogens with zero attached hydrogens (tertiary/aromatic N) is 3. The average molecular weight is 300 g/mol. The summed E-state index contributed by atoms with van der Waals surface area (Å²) in [6.45, 7) is 4.64. The van der Waals surface area contributed by atoms with Crippen molar-refractivity contribution in [3.8, 4) is 0 Å². The van der Waals surface area contributed by atoms with E-state index in [1.54, 1.807) is 21.0 Å². The number of hydrogen-bond acceptors (Lipinski definition) is 4. The van der Waals surface area contributed by atoms with Crippen LogP contribution in [-0.4, -0.2) is 49.5 Å². The molecule has 0 aliphatic heterocycles. The maximum absolute atomic E-state index is 14.0. The number of pyridine rings is 1. The topological polar surface area (TPSA) is 48.5 Å². The second kappa shape index (κ2) is 7.75. The lowest BCUT2D eigenvalue weighted by atomic mass is 10.3. The van der Waals surface area contributed by atoms with Crippen LogP contribution in [0.1, 0.15) is 20.3 Å². The first-order valence-electron chi connectivity index (χ1n) is 6.95. The molecule has 1 N–H and O–H groups in total. The summed E-state index contributed by atoms with van der Waals surface area (Å²) in [5.41, 5.74) is 0. The number of carbonyl (C=O) groups excluding carboxylic acids is 1. The van der Waals surface area contributed by atoms with Crippen molar-refractivity contribution >= 4 is 17.5 Å². The van der Waals surface area contributed by atoms with E-state index in [1.165, 1.54) is 9.80 Å². The molecule has 1 aromatic heterocycles. The highest BCUT2D eigenvalue weighted by Crippen LogP contribution is 2.22. The molecule has 0 spiro atoms. The van der Waals surface area contributed by atoms with Crippen LogP contribution in [0, 0.1) is 11.6 Å². The Morgan fingerprint density at radius 1 is 1.29 bits per heavy atom. The van der Waals surface area contributed by atoms with Crippen LogP contribution < -0.4 is 10.2 Å². The van der Waals surface area contributed by atoms with Gasteiger partial charge in [-0.15, -0.1) is 0 Å². The van der Waals surface area contributed by atoms with Crippen molar-refractivity contribution in [2.24, 2.45) is 0 Å². The Kier molecular flexibility index (Phi) is 6.33. The van der Waals surface area contributed by atoms with E-state index in [0.29, 0.717) is 13.1 Å². The molecular weight excluding hydrogens is 278 g/mol. The highest BCUT2D eigenvalue weighted by Gasteiger charge is 2.20. The third kappa shape index (κ3) is 4.54. The van der Waals surface area contributed by atoms with Crippen molar-refractivity contribution in [3.05, 3.63) is 17.7 Å². The van der Waals surface area contributed by atoms with Crippen molar-refractivity contribution in [1.82, 2.24) is 9.88 Å². The van der Waals surface area contributed by atoms with E-state index in [4.69, 9.17) is 0 Å². The predicted octanol–water partition coefficient (Wildman–Crippen LogP) is 2.10. The van der Waals surface area contributed by atoms with Gasteiger partial charge in [0, 0.05) is 33.3 Å². The fourth-order valence-electron chi connectivity index (χ4n) is 1.80. The van der Waals surface area contributed by atoms with Gasteiger partial charge in [-0.25, -0.2) is 13.8 Å². The van der Waals surface area contributed by atoms with Crippen LogP contribution in [0.3, 0.4) is 0 Å². The molecule has 1 heterocycles. The number of hydrogen-bond donors (Lipinski definition) is 1. The molecule has 0 aliphatic rings. The third-order valence-corrected chi connectivity index (χ3v) is 2.87. The van der Waals surface area contributed by atoms with Crippen LogP contribution in [-0.2, 0) is 4.79 Å². The first-order chi connectivity index (χ1) is 9.90. The average Bonchev–Trinajstić information content (AvgIpc) is 2.41. The van der Waals surface area contributed by atoms with Crippen LogP contribution in [0.15, 0.2) is 6.07 Å². The monoisotopic (exact) mass is 300 g/mol. The Labute approximate surface area is 123 Å². The predicted molar refractivity (Wildman–Crippen MR) is 79.5 cm³/mol. The van der Waals surface area contributed by atoms with Crippen molar-refractivity contribution in [3.63, 3.8) is 0 Å². The van der Waals surface area contributed by atoms with E-state index in [0.717, 1.165) is 12.5 Å². The highest BCUT2D eigenvalue weighted by atomic mass is 19.1. The molecule has 0 atom stereocenters. The minimum absolute atomic E-state index is 0.00194. The molecule has 0 aliphatic carbocycles. The van der Waals surface area contributed by atoms with Crippen LogP contribution in [0.2, 0.25) is 0 Å². The molecule has 1 rings (SSSR count). The van der Waals surface area contributed by atoms with E-state index < -0.39 is 11.6 Å². The lowest BCUT2D eigenvalue weighted by Gasteiger charge is -2.25. The molecule has 0 unspecified atom stereocenters. The van der Waals surface area contributed by atoms with Gasteiger partial charge >= 0.3 is 0 Å². The molecular formula is C14H22F2N4O. The van der Waals surface area contributed by atoms with E-state index in [1.807, 2.05) is 6.92 Å². The van der Waals surface area contributed by atoms with Gasteiger partial charge in [0.1, 0.15) is 0 Å². The first kappa shape index (κ1) is 17.1. The van der Waals surface area contributed by atoms with Crippen molar-refractivity contribution < 1.29 is 13.6 Å². The normalized spacial score (nSPS) is 10.4. The molecule has 21 heavy (non-hydrogen) atoms. The summed E-state index contributed by atoms with van der Waals surface area (Å²) in [5.74, 6) is -1.70. The van der Waals surface area contributed by atoms with E-state index in [9.17, 15) is 13.6 Å². The zero-order valence-corrected chi connectivity index (χ0v) is 12.9. The minimum atomic E-state index is -0.769. The Morgan fingerprint density at radius 3 is 2.48 bits per heavy atom. The van der Waals surface area contributed by atoms with Crippen LogP contribution in [0.5, 0.6) is 0 Å². The van der Waals surface area contributed by atoms with Gasteiger partial charge in [-0.05, 0) is 13.3 Å². The SMILES string of the molecule is CCCN(CC(=O)N(C)C)c1nc(NCC)c(F)cc1F. The van der Waals surface area contributed by atoms with Crippen LogP contribution in [0.25, 0.3) is 0 Å². The number of likely N-dealkylation sites (N-methyl/N-ethyl adjacent to an activating group) is 1. The molecule has 0 bridgehead atoms. The number of nitrogens with one attached hydrogen (secondary N) is 1. The maximum atomic E-state index is 14.0. The van der Waals surface area contributed by atoms with Gasteiger partial charge < -0.3 is 15.1 Å². The second-order valence-corrected chi connectivity index (χ2v) is 4.86. The molecule has 118 valence electrons. The Morgan fingerprint density at radius 2 is 1.95 bits per heavy atom. The van der Waals surface area contributed by atoms with Gasteiger partial charge in [-0.1, -0.05) is 6.92 Å². The Hall–Kier alpha value is -1.92. The van der Waals surface area contributed by atoms with Gasteiger partial charge in [0.25, 0.3) is 0 Å². The van der Waals surface area contributed by atoms with Crippen molar-refractivity contribution in [1.29, 1.82) is 0 Å². The second-order valence-electron chi connectivity index (χ2n) is 4.86. The van der Waals surface area contributed by atoms with E-state index in [2.05, 4.69) is 10.3 Å². The Bertz CT molecular complexity index is 494. The summed E-state index contributed by atoms with van der Waals surface area (Å²) < 4.78 is 27.6. The number of rotatable bonds is 7. The summed E-state index contributed by atoms with van der Waals surface area (Å²) in [6.07, 6.45) is 0.718. The molecule has 0 radical (unpaired) electrons. The summed E-state index contributed by atoms with van der Waals surface area (Å²) in [7, 11) is 3.26. The quantitative estimate of drug-likeness (QED) is 0.838. The van der Waals surface area contributed by atoms with Crippen LogP contribution in [0.4, 0.5) is 20.4 Å². The largest absolute Gasteiger partial charge is 0.368 e. The van der Waals surface area contributed by atoms with E-state index >= 15 is 0 Å². The van der Waals surface area contributed by atoms with Gasteiger partial charge in [0.05, 0.1) is 6.54 Å². The van der Waals surface area contributed by atoms with Gasteiger partial charge in [0.2, 0.25) is 5.91 Å². The molecule has 0 aromatic carbocycles. The van der Waals surface area contributed by atoms with Crippen molar-refractivity contribution in [2.75, 3.05) is 43.9 Å². The zero-order chi connectivity index (χ0) is 16.0. The van der Waals surface area contributed by atoms with Crippen molar-refractivity contribution in [2.45, 2.75) is 20.3 Å². The van der Waals surface area contributed by atoms with Gasteiger partial charge in [0.15, 0.2) is 23.3 Å². The standard InChI is InChI=1S/C14H22F2N4O/c1-5-7-20(9-12(21)19(3)4)14-11(16)8-10(15)13(18-14)17-6-2/h8H,5-7,9H2,1-4H3,(H,17,18). The number of carbonyl (C=O) groups is 1. The van der Waals surface area contributed by atoms with E-state index in [-0.39, 0.29) is 24.1 Å². The minimum Gasteiger partial charge on any atom is -0.368 e. The molecule has 1 aromatic rings. The van der Waals surface area contributed by atoms with Gasteiger partial charge in [-0.3, -0.25) is 4.79 Å². The molecule has 7 heteroatoms. The lowest BCUT2D eigenvalue weighted by Crippen LogP contribution is -2.38. The zero-order valence-electron chi connectivity index (χ0n) is 12.9. The summed E-state index contributed by atoms with van der Waals surface area (Å²) in [4.78, 5) is 18.8. The summed E-state index contributed by atoms with van der Waals surface area (Å²) in [5, 5.41) is 2.74. The summed E-state index contributed by atoms with van der Waals surface area (Å²) in [6, 6.07) is 0.795. The fraction of sp³-hybridized carbons (Fsp3) is 0.571. The number of anilines is 2. The maximum Gasteiger partial charge on any atom is 0.241 e. The number of halogens is 2. The number of aromatic nitrogens is 1. The summed E-state index contributed by atoms with van der Waals surface area (Å²) >= 11 is 0. The first-order valence-corrected chi connectivity index (χ1v) is 6.95. The Balaban J connectivity index is 3.11. The third-order valence-electron chi connectivity index (χ3n) is 2.87. The van der Waals surface area contributed by atoms with Gasteiger partial charge in [-0.2, -0.15) is 0 Å². The molecule has 0 fully saturated rings. The highest BCUT2D eigenvalue weighted by molar-refractivity contribution is 5.80. The molecule has 5 nitrogen and oxygen atoms in total. The molecule has 0 saturated heterocycles. The fourth-order valence-corrected chi connectivity index (χ4v) is 1.80. The molecule has 0 saturated carbocycles. The smallest absolute Gasteiger partial charge is 0.241 e. The number of amides is 1. The lowest BCUT2D eigenvalue weighted by molar-refractivity contribution is -0.127.